The molecule has 0 saturated heterocycles. The van der Waals surface area contributed by atoms with Gasteiger partial charge in [0.05, 0.1) is 0 Å². The summed E-state index contributed by atoms with van der Waals surface area (Å²) in [7, 11) is -4.03. The number of nitrogens with two attached hydrogens (primary N) is 1. The average molecular weight is 293 g/mol. The van der Waals surface area contributed by atoms with Crippen LogP contribution in [0.2, 0.25) is 0 Å². The van der Waals surface area contributed by atoms with Gasteiger partial charge in [-0.2, -0.15) is 0 Å². The number of primary amides is 1. The van der Waals surface area contributed by atoms with Crippen LogP contribution in [0.1, 0.15) is 10.4 Å². The summed E-state index contributed by atoms with van der Waals surface area (Å²) in [5, 5.41) is 0. The van der Waals surface area contributed by atoms with E-state index in [-0.39, 0.29) is 11.3 Å². The van der Waals surface area contributed by atoms with Gasteiger partial charge in [0.25, 0.3) is 10.0 Å². The van der Waals surface area contributed by atoms with Gasteiger partial charge in [-0.05, 0) is 18.2 Å². The van der Waals surface area contributed by atoms with E-state index in [2.05, 4.69) is 9.71 Å². The number of rotatable bonds is 4. The lowest BCUT2D eigenvalue weighted by Crippen LogP contribution is -2.21. The summed E-state index contributed by atoms with van der Waals surface area (Å²) in [4.78, 5) is 24.7. The first-order chi connectivity index (χ1) is 9.40. The third-order valence-corrected chi connectivity index (χ3v) is 3.88. The van der Waals surface area contributed by atoms with E-state index in [0.29, 0.717) is 0 Å². The smallest absolute Gasteiger partial charge is 0.267 e. The lowest BCUT2D eigenvalue weighted by atomic mass is 10.2. The van der Waals surface area contributed by atoms with E-state index in [1.807, 2.05) is 0 Å². The van der Waals surface area contributed by atoms with E-state index in [4.69, 9.17) is 5.73 Å². The number of pyridine rings is 1. The van der Waals surface area contributed by atoms with E-state index in [1.54, 1.807) is 0 Å². The molecule has 1 heterocycles. The van der Waals surface area contributed by atoms with Gasteiger partial charge in [-0.1, -0.05) is 6.07 Å². The Balaban J connectivity index is 2.39. The zero-order valence-corrected chi connectivity index (χ0v) is 11.0. The number of carbonyl (C=O) groups excluding carboxylic acids is 1. The SMILES string of the molecule is NC(=O)c1cccc(NS(=O)(=O)c2c[nH]ccc2=O)c1. The summed E-state index contributed by atoms with van der Waals surface area (Å²) in [5.41, 5.74) is 4.78. The molecule has 0 unspecified atom stereocenters. The number of aromatic nitrogens is 1. The van der Waals surface area contributed by atoms with Crippen LogP contribution < -0.4 is 15.9 Å². The third-order valence-electron chi connectivity index (χ3n) is 2.48. The first kappa shape index (κ1) is 13.8. The first-order valence-corrected chi connectivity index (χ1v) is 6.98. The minimum Gasteiger partial charge on any atom is -0.366 e. The lowest BCUT2D eigenvalue weighted by Gasteiger charge is -2.08. The molecule has 8 heteroatoms. The fourth-order valence-corrected chi connectivity index (χ4v) is 2.66. The van der Waals surface area contributed by atoms with Crippen LogP contribution in [-0.2, 0) is 10.0 Å². The molecule has 7 nitrogen and oxygen atoms in total. The summed E-state index contributed by atoms with van der Waals surface area (Å²) < 4.78 is 26.3. The summed E-state index contributed by atoms with van der Waals surface area (Å²) >= 11 is 0. The molecule has 1 aromatic carbocycles. The normalized spacial score (nSPS) is 11.0. The Morgan fingerprint density at radius 2 is 2.00 bits per heavy atom. The van der Waals surface area contributed by atoms with Crippen LogP contribution in [0.5, 0.6) is 0 Å². The predicted octanol–water partition coefficient (Wildman–Crippen LogP) is 0.275. The molecule has 0 aliphatic carbocycles. The molecule has 2 aromatic rings. The summed E-state index contributed by atoms with van der Waals surface area (Å²) in [5.74, 6) is -0.677. The Labute approximate surface area is 114 Å². The van der Waals surface area contributed by atoms with Crippen molar-refractivity contribution in [3.05, 3.63) is 58.5 Å². The molecule has 20 heavy (non-hydrogen) atoms. The molecule has 104 valence electrons. The Kier molecular flexibility index (Phi) is 3.57. The van der Waals surface area contributed by atoms with Crippen LogP contribution >= 0.6 is 0 Å². The quantitative estimate of drug-likeness (QED) is 0.749. The van der Waals surface area contributed by atoms with Gasteiger partial charge in [0.15, 0.2) is 4.90 Å². The van der Waals surface area contributed by atoms with Gasteiger partial charge in [-0.3, -0.25) is 14.3 Å². The number of nitrogens with one attached hydrogen (secondary N) is 2. The van der Waals surface area contributed by atoms with Crippen LogP contribution in [-0.4, -0.2) is 19.3 Å². The van der Waals surface area contributed by atoms with E-state index in [9.17, 15) is 18.0 Å². The topological polar surface area (TPSA) is 122 Å². The van der Waals surface area contributed by atoms with Gasteiger partial charge in [-0.15, -0.1) is 0 Å². The number of benzene rings is 1. The van der Waals surface area contributed by atoms with E-state index in [1.165, 1.54) is 30.5 Å². The second kappa shape index (κ2) is 5.17. The van der Waals surface area contributed by atoms with Crippen molar-refractivity contribution in [2.75, 3.05) is 4.72 Å². The monoisotopic (exact) mass is 293 g/mol. The maximum absolute atomic E-state index is 12.1. The minimum absolute atomic E-state index is 0.143. The van der Waals surface area contributed by atoms with Crippen LogP contribution in [0.4, 0.5) is 5.69 Å². The number of H-pyrrole nitrogens is 1. The van der Waals surface area contributed by atoms with E-state index < -0.39 is 26.3 Å². The van der Waals surface area contributed by atoms with Crippen molar-refractivity contribution in [1.82, 2.24) is 4.98 Å². The molecule has 0 radical (unpaired) electrons. The number of hydrogen-bond donors (Lipinski definition) is 3. The number of anilines is 1. The maximum Gasteiger partial charge on any atom is 0.267 e. The molecule has 0 atom stereocenters. The van der Waals surface area contributed by atoms with Crippen molar-refractivity contribution < 1.29 is 13.2 Å². The first-order valence-electron chi connectivity index (χ1n) is 5.50. The molecule has 0 aliphatic rings. The maximum atomic E-state index is 12.1. The molecule has 0 saturated carbocycles. The van der Waals surface area contributed by atoms with Gasteiger partial charge in [0.1, 0.15) is 0 Å². The lowest BCUT2D eigenvalue weighted by molar-refractivity contribution is 0.100. The van der Waals surface area contributed by atoms with Crippen molar-refractivity contribution in [1.29, 1.82) is 0 Å². The van der Waals surface area contributed by atoms with Crippen molar-refractivity contribution in [2.24, 2.45) is 5.73 Å². The molecule has 0 fully saturated rings. The molecule has 1 aromatic heterocycles. The summed E-state index contributed by atoms with van der Waals surface area (Å²) in [6.07, 6.45) is 2.41. The molecular formula is C12H11N3O4S. The summed E-state index contributed by atoms with van der Waals surface area (Å²) in [6, 6.07) is 6.77. The fourth-order valence-electron chi connectivity index (χ4n) is 1.56. The van der Waals surface area contributed by atoms with Gasteiger partial charge in [0.2, 0.25) is 11.3 Å². The number of hydrogen-bond acceptors (Lipinski definition) is 4. The van der Waals surface area contributed by atoms with Crippen molar-refractivity contribution in [3.63, 3.8) is 0 Å². The Morgan fingerprint density at radius 1 is 1.25 bits per heavy atom. The average Bonchev–Trinajstić information content (AvgIpc) is 2.38. The minimum atomic E-state index is -4.03. The number of carbonyl (C=O) groups is 1. The summed E-state index contributed by atoms with van der Waals surface area (Å²) in [6.45, 7) is 0. The molecule has 2 rings (SSSR count). The van der Waals surface area contributed by atoms with Crippen LogP contribution in [0.25, 0.3) is 0 Å². The highest BCUT2D eigenvalue weighted by atomic mass is 32.2. The highest BCUT2D eigenvalue weighted by Gasteiger charge is 2.18. The van der Waals surface area contributed by atoms with Crippen LogP contribution in [0.3, 0.4) is 0 Å². The highest BCUT2D eigenvalue weighted by molar-refractivity contribution is 7.92. The van der Waals surface area contributed by atoms with Gasteiger partial charge in [0, 0.05) is 29.7 Å². The second-order valence-corrected chi connectivity index (χ2v) is 5.57. The zero-order valence-electron chi connectivity index (χ0n) is 10.2. The predicted molar refractivity (Wildman–Crippen MR) is 72.8 cm³/mol. The highest BCUT2D eigenvalue weighted by Crippen LogP contribution is 2.14. The van der Waals surface area contributed by atoms with E-state index >= 15 is 0 Å². The number of amides is 1. The molecule has 0 aliphatic heterocycles. The Bertz CT molecular complexity index is 811. The zero-order chi connectivity index (χ0) is 14.8. The molecule has 0 bridgehead atoms. The fraction of sp³-hybridized carbons (Fsp3) is 0. The van der Waals surface area contributed by atoms with Gasteiger partial charge >= 0.3 is 0 Å². The van der Waals surface area contributed by atoms with Crippen molar-refractivity contribution in [3.8, 4) is 0 Å². The third kappa shape index (κ3) is 2.86. The van der Waals surface area contributed by atoms with Crippen LogP contribution in [0, 0.1) is 0 Å². The number of aromatic amines is 1. The Hall–Kier alpha value is -2.61. The standard InChI is InChI=1S/C12H11N3O4S/c13-12(17)8-2-1-3-9(6-8)15-20(18,19)11-7-14-5-4-10(11)16/h1-7,15H,(H2,13,17)(H,14,16). The molecular weight excluding hydrogens is 282 g/mol. The van der Waals surface area contributed by atoms with E-state index in [0.717, 1.165) is 12.3 Å². The largest absolute Gasteiger partial charge is 0.366 e. The van der Waals surface area contributed by atoms with Crippen molar-refractivity contribution in [2.45, 2.75) is 4.90 Å². The molecule has 1 amide bonds. The van der Waals surface area contributed by atoms with Crippen molar-refractivity contribution >= 4 is 21.6 Å². The van der Waals surface area contributed by atoms with Gasteiger partial charge < -0.3 is 10.7 Å². The van der Waals surface area contributed by atoms with Gasteiger partial charge in [-0.25, -0.2) is 8.42 Å². The molecule has 4 N–H and O–H groups in total. The second-order valence-electron chi connectivity index (χ2n) is 3.92. The molecule has 0 spiro atoms. The number of sulfonamides is 1. The Morgan fingerprint density at radius 3 is 2.65 bits per heavy atom. The van der Waals surface area contributed by atoms with Crippen LogP contribution in [0.15, 0.2) is 52.4 Å².